The van der Waals surface area contributed by atoms with Crippen molar-refractivity contribution in [3.63, 3.8) is 0 Å². The number of fused-ring (bicyclic) bond motifs is 1. The zero-order valence-electron chi connectivity index (χ0n) is 33.3. The molecule has 0 amide bonds. The Morgan fingerprint density at radius 2 is 1.44 bits per heavy atom. The van der Waals surface area contributed by atoms with Gasteiger partial charge in [-0.15, -0.1) is 0 Å². The molecule has 5 rings (SSSR count). The summed E-state index contributed by atoms with van der Waals surface area (Å²) in [5.74, 6) is -2.13. The first-order chi connectivity index (χ1) is 26.9. The van der Waals surface area contributed by atoms with E-state index in [0.717, 1.165) is 11.1 Å². The van der Waals surface area contributed by atoms with E-state index in [9.17, 15) is 28.1 Å². The van der Waals surface area contributed by atoms with Crippen molar-refractivity contribution in [3.05, 3.63) is 143 Å². The number of allylic oxidation sites excluding steroid dienone is 3. The van der Waals surface area contributed by atoms with Gasteiger partial charge in [0.1, 0.15) is 22.1 Å². The molecule has 1 aliphatic carbocycles. The van der Waals surface area contributed by atoms with Crippen LogP contribution >= 0.6 is 0 Å². The summed E-state index contributed by atoms with van der Waals surface area (Å²) in [6.07, 6.45) is 9.05. The van der Waals surface area contributed by atoms with Crippen LogP contribution in [0.4, 0.5) is 5.69 Å². The maximum Gasteiger partial charge on any atom is 0.323 e. The lowest BCUT2D eigenvalue weighted by Gasteiger charge is -2.45. The highest BCUT2D eigenvalue weighted by atomic mass is 32.2. The predicted octanol–water partition coefficient (Wildman–Crippen LogP) is 8.96. The molecule has 0 radical (unpaired) electrons. The Kier molecular flexibility index (Phi) is 13.5. The van der Waals surface area contributed by atoms with Gasteiger partial charge in [0, 0.05) is 23.4 Å². The van der Waals surface area contributed by atoms with Crippen molar-refractivity contribution in [2.75, 3.05) is 6.61 Å². The van der Waals surface area contributed by atoms with Gasteiger partial charge < -0.3 is 9.47 Å². The predicted molar refractivity (Wildman–Crippen MR) is 220 cm³/mol. The van der Waals surface area contributed by atoms with Crippen molar-refractivity contribution >= 4 is 38.5 Å². The molecule has 4 aromatic carbocycles. The van der Waals surface area contributed by atoms with Crippen LogP contribution in [-0.4, -0.2) is 49.1 Å². The smallest absolute Gasteiger partial charge is 0.323 e. The van der Waals surface area contributed by atoms with E-state index < -0.39 is 55.7 Å². The van der Waals surface area contributed by atoms with Gasteiger partial charge >= 0.3 is 11.9 Å². The summed E-state index contributed by atoms with van der Waals surface area (Å²) in [5, 5.41) is 15.9. The number of nitro benzene ring substituents is 1. The van der Waals surface area contributed by atoms with Crippen molar-refractivity contribution in [3.8, 4) is 0 Å². The van der Waals surface area contributed by atoms with Gasteiger partial charge in [0.05, 0.1) is 23.0 Å². The highest BCUT2D eigenvalue weighted by Crippen LogP contribution is 2.42. The average Bonchev–Trinajstić information content (AvgIpc) is 3.16. The molecule has 3 atom stereocenters. The summed E-state index contributed by atoms with van der Waals surface area (Å²) in [4.78, 5) is 39.1. The lowest BCUT2D eigenvalue weighted by molar-refractivity contribution is -0.384. The second-order valence-corrected chi connectivity index (χ2v) is 17.8. The van der Waals surface area contributed by atoms with Crippen LogP contribution in [0.3, 0.4) is 0 Å². The third-order valence-electron chi connectivity index (χ3n) is 9.59. The van der Waals surface area contributed by atoms with Gasteiger partial charge in [-0.25, -0.2) is 0 Å². The molecule has 0 saturated carbocycles. The van der Waals surface area contributed by atoms with Crippen LogP contribution in [0, 0.1) is 22.0 Å². The molecule has 0 spiro atoms. The molecule has 11 nitrogen and oxygen atoms in total. The van der Waals surface area contributed by atoms with Gasteiger partial charge in [0.25, 0.3) is 15.8 Å². The standard InChI is InChI=1S/C45H52N2O9S/c1-43(2,3)55-41(48)33(19-17-29-54-57(52,53)40-26-16-18-32-27-28-37(47(50)51)31-38(32)40)30-39(42(49)56-44(4,5)6)46-45(34-20-10-7-11-21-34,35-22-12-8-13-23-35)36-24-14-9-15-25-36/h7-16,18,20-24,26-28,31,33,36,39,46H,17,19,25,29-30H2,1-6H3/t33-,36?,39-/m0/s1. The molecule has 302 valence electrons. The van der Waals surface area contributed by atoms with Crippen molar-refractivity contribution in [2.45, 2.75) is 94.9 Å². The number of carbonyl (C=O) groups is 2. The Morgan fingerprint density at radius 3 is 2.00 bits per heavy atom. The van der Waals surface area contributed by atoms with E-state index in [1.807, 2.05) is 72.8 Å². The largest absolute Gasteiger partial charge is 0.460 e. The highest BCUT2D eigenvalue weighted by Gasteiger charge is 2.45. The topological polar surface area (TPSA) is 151 Å². The van der Waals surface area contributed by atoms with E-state index in [0.29, 0.717) is 11.8 Å². The van der Waals surface area contributed by atoms with Crippen LogP contribution in [0.15, 0.2) is 126 Å². The molecule has 0 bridgehead atoms. The van der Waals surface area contributed by atoms with Crippen molar-refractivity contribution in [2.24, 2.45) is 11.8 Å². The van der Waals surface area contributed by atoms with Crippen molar-refractivity contribution < 1.29 is 36.6 Å². The maximum absolute atomic E-state index is 14.4. The monoisotopic (exact) mass is 796 g/mol. The number of carbonyl (C=O) groups excluding carboxylic acids is 2. The van der Waals surface area contributed by atoms with Crippen LogP contribution in [0.5, 0.6) is 0 Å². The summed E-state index contributed by atoms with van der Waals surface area (Å²) in [5.41, 5.74) is -1.06. The van der Waals surface area contributed by atoms with Crippen molar-refractivity contribution in [1.82, 2.24) is 5.32 Å². The Balaban J connectivity index is 1.49. The quantitative estimate of drug-likeness (QED) is 0.0383. The van der Waals surface area contributed by atoms with E-state index in [4.69, 9.17) is 13.7 Å². The first-order valence-corrected chi connectivity index (χ1v) is 20.5. The first kappa shape index (κ1) is 43.0. The number of hydrogen-bond acceptors (Lipinski definition) is 10. The molecule has 0 fully saturated rings. The fraction of sp³-hybridized carbons (Fsp3) is 0.378. The van der Waals surface area contributed by atoms with Gasteiger partial charge in [0.2, 0.25) is 0 Å². The Bertz CT molecular complexity index is 2170. The molecule has 0 heterocycles. The highest BCUT2D eigenvalue weighted by molar-refractivity contribution is 7.87. The van der Waals surface area contributed by atoms with Crippen LogP contribution in [-0.2, 0) is 38.9 Å². The SMILES string of the molecule is CC(C)(C)OC(=O)[C@@H](CCCOS(=O)(=O)c1cccc2ccc([N+](=O)[O-])cc12)C[C@H](NC(c1ccccc1)(c1ccccc1)C1C=CC=CC1)C(=O)OC(C)(C)C. The minimum absolute atomic E-state index is 0.0305. The summed E-state index contributed by atoms with van der Waals surface area (Å²) < 4.78 is 44.4. The number of esters is 2. The van der Waals surface area contributed by atoms with Crippen LogP contribution in [0.2, 0.25) is 0 Å². The second kappa shape index (κ2) is 18.0. The lowest BCUT2D eigenvalue weighted by atomic mass is 9.70. The van der Waals surface area contributed by atoms with E-state index in [1.54, 1.807) is 47.6 Å². The summed E-state index contributed by atoms with van der Waals surface area (Å²) in [7, 11) is -4.37. The van der Waals surface area contributed by atoms with Gasteiger partial charge in [-0.3, -0.25) is 29.2 Å². The molecule has 0 aliphatic heterocycles. The average molecular weight is 797 g/mol. The number of nitro groups is 1. The Labute approximate surface area is 335 Å². The zero-order valence-corrected chi connectivity index (χ0v) is 34.2. The minimum Gasteiger partial charge on any atom is -0.460 e. The molecule has 1 aliphatic rings. The molecule has 12 heteroatoms. The maximum atomic E-state index is 14.4. The van der Waals surface area contributed by atoms with Crippen LogP contribution in [0.1, 0.15) is 78.4 Å². The number of nitrogens with one attached hydrogen (secondary N) is 1. The second-order valence-electron chi connectivity index (χ2n) is 16.2. The fourth-order valence-electron chi connectivity index (χ4n) is 7.16. The molecular weight excluding hydrogens is 745 g/mol. The first-order valence-electron chi connectivity index (χ1n) is 19.1. The zero-order chi connectivity index (χ0) is 41.4. The van der Waals surface area contributed by atoms with E-state index in [-0.39, 0.29) is 47.8 Å². The van der Waals surface area contributed by atoms with Gasteiger partial charge in [-0.2, -0.15) is 8.42 Å². The van der Waals surface area contributed by atoms with Gasteiger partial charge in [0.15, 0.2) is 0 Å². The van der Waals surface area contributed by atoms with Gasteiger partial charge in [-0.05, 0) is 95.9 Å². The minimum atomic E-state index is -4.37. The molecule has 1 N–H and O–H groups in total. The van der Waals surface area contributed by atoms with Crippen molar-refractivity contribution in [1.29, 1.82) is 0 Å². The van der Waals surface area contributed by atoms with E-state index >= 15 is 0 Å². The molecule has 4 aromatic rings. The molecule has 57 heavy (non-hydrogen) atoms. The Morgan fingerprint density at radius 1 is 0.825 bits per heavy atom. The third kappa shape index (κ3) is 11.0. The number of hydrogen-bond donors (Lipinski definition) is 1. The molecular formula is C45H52N2O9S. The number of rotatable bonds is 16. The number of ether oxygens (including phenoxy) is 2. The fourth-order valence-corrected chi connectivity index (χ4v) is 8.32. The molecule has 0 saturated heterocycles. The summed E-state index contributed by atoms with van der Waals surface area (Å²) in [6, 6.07) is 27.3. The lowest BCUT2D eigenvalue weighted by Crippen LogP contribution is -2.57. The Hall–Kier alpha value is -5.17. The number of nitrogens with zero attached hydrogens (tertiary/aromatic N) is 1. The molecule has 1 unspecified atom stereocenters. The summed E-state index contributed by atoms with van der Waals surface area (Å²) in [6.45, 7) is 10.3. The van der Waals surface area contributed by atoms with E-state index in [2.05, 4.69) is 17.5 Å². The third-order valence-corrected chi connectivity index (χ3v) is 11.0. The van der Waals surface area contributed by atoms with Gasteiger partial charge in [-0.1, -0.05) is 97.1 Å². The number of non-ortho nitro benzene ring substituents is 1. The summed E-state index contributed by atoms with van der Waals surface area (Å²) >= 11 is 0. The van der Waals surface area contributed by atoms with E-state index in [1.165, 1.54) is 30.3 Å². The number of benzene rings is 4. The van der Waals surface area contributed by atoms with Crippen LogP contribution < -0.4 is 5.32 Å². The molecule has 0 aromatic heterocycles. The normalized spacial score (nSPS) is 15.9. The van der Waals surface area contributed by atoms with Crippen LogP contribution in [0.25, 0.3) is 10.8 Å².